The minimum absolute atomic E-state index is 0.0409. The summed E-state index contributed by atoms with van der Waals surface area (Å²) in [6.07, 6.45) is 1.93. The number of rotatable bonds is 12. The molecule has 0 aliphatic rings. The predicted molar refractivity (Wildman–Crippen MR) is 167 cm³/mol. The van der Waals surface area contributed by atoms with Crippen LogP contribution in [-0.2, 0) is 24.2 Å². The second kappa shape index (κ2) is 13.9. The van der Waals surface area contributed by atoms with E-state index in [1.165, 1.54) is 48.8 Å². The second-order valence-electron chi connectivity index (χ2n) is 8.59. The average Bonchev–Trinajstić information content (AvgIpc) is 3.36. The number of anilines is 2. The monoisotopic (exact) mass is 634 g/mol. The highest BCUT2D eigenvalue weighted by Crippen LogP contribution is 2.39. The lowest BCUT2D eigenvalue weighted by Gasteiger charge is -2.18. The quantitative estimate of drug-likeness (QED) is 0.0554. The molecule has 218 valence electrons. The maximum Gasteiger partial charge on any atom is 0.306 e. The number of sulfone groups is 1. The molecule has 0 unspecified atom stereocenters. The molecule has 11 nitrogen and oxygen atoms in total. The summed E-state index contributed by atoms with van der Waals surface area (Å²) in [6.45, 7) is 1.80. The summed E-state index contributed by atoms with van der Waals surface area (Å²) in [5, 5.41) is 20.9. The fourth-order valence-corrected chi connectivity index (χ4v) is 8.49. The number of nitrogens with one attached hydrogen (secondary N) is 4. The zero-order valence-corrected chi connectivity index (χ0v) is 25.8. The highest BCUT2D eigenvalue weighted by atomic mass is 32.2. The number of thioether (sulfide) groups is 2. The first kappa shape index (κ1) is 32.0. The van der Waals surface area contributed by atoms with Gasteiger partial charge in [0.05, 0.1) is 43.8 Å². The van der Waals surface area contributed by atoms with Gasteiger partial charge in [0.1, 0.15) is 5.84 Å². The van der Waals surface area contributed by atoms with Crippen molar-refractivity contribution in [3.05, 3.63) is 52.9 Å². The van der Waals surface area contributed by atoms with Crippen LogP contribution in [0.3, 0.4) is 0 Å². The number of nitrogen functional groups attached to an aromatic ring is 1. The van der Waals surface area contributed by atoms with E-state index in [0.29, 0.717) is 42.9 Å². The number of hydrogen-bond donors (Lipinski definition) is 6. The van der Waals surface area contributed by atoms with Crippen molar-refractivity contribution in [2.45, 2.75) is 27.3 Å². The van der Waals surface area contributed by atoms with Crippen LogP contribution in [0.1, 0.15) is 16.9 Å². The SMILES string of the molecule is COC(=O)CCSCC(=O)Nc1cc(NC(=N)N)cc(C)c1-c1cccc(S(=O)(=O)c2cc(C(=N)N)sc2SC)c1. The molecule has 3 rings (SSSR count). The Morgan fingerprint density at radius 1 is 1.10 bits per heavy atom. The van der Waals surface area contributed by atoms with E-state index in [-0.39, 0.29) is 45.6 Å². The van der Waals surface area contributed by atoms with Crippen molar-refractivity contribution in [1.29, 1.82) is 10.8 Å². The third kappa shape index (κ3) is 8.03. The molecule has 0 fully saturated rings. The molecule has 0 saturated carbocycles. The standard InChI is InChI=1S/C26H30N6O5S4/c1-14-9-16(31-26(29)30)11-18(32-21(33)13-39-8-7-22(34)37-2)23(14)15-5-4-6-17(10-15)41(35,36)20-12-19(24(27)28)40-25(20)38-3/h4-6,9-12H,7-8,13H2,1-3H3,(H3,27,28)(H,32,33)(H4,29,30,31). The van der Waals surface area contributed by atoms with Gasteiger partial charge in [0, 0.05) is 17.0 Å². The van der Waals surface area contributed by atoms with Crippen LogP contribution in [0.15, 0.2) is 56.5 Å². The van der Waals surface area contributed by atoms with E-state index in [1.807, 2.05) is 0 Å². The third-order valence-corrected chi connectivity index (χ3v) is 10.9. The highest BCUT2D eigenvalue weighted by Gasteiger charge is 2.26. The van der Waals surface area contributed by atoms with E-state index in [2.05, 4.69) is 15.4 Å². The summed E-state index contributed by atoms with van der Waals surface area (Å²) >= 11 is 3.67. The van der Waals surface area contributed by atoms with E-state index in [1.54, 1.807) is 37.4 Å². The minimum atomic E-state index is -3.97. The number of carbonyl (C=O) groups is 2. The Hall–Kier alpha value is -3.53. The normalized spacial score (nSPS) is 11.1. The predicted octanol–water partition coefficient (Wildman–Crippen LogP) is 4.10. The van der Waals surface area contributed by atoms with Gasteiger partial charge in [-0.1, -0.05) is 12.1 Å². The first-order valence-electron chi connectivity index (χ1n) is 11.9. The van der Waals surface area contributed by atoms with Crippen molar-refractivity contribution in [1.82, 2.24) is 0 Å². The summed E-state index contributed by atoms with van der Waals surface area (Å²) in [7, 11) is -2.67. The van der Waals surface area contributed by atoms with Crippen molar-refractivity contribution in [3.63, 3.8) is 0 Å². The molecule has 1 amide bonds. The maximum absolute atomic E-state index is 13.7. The maximum atomic E-state index is 13.7. The molecule has 0 bridgehead atoms. The number of methoxy groups -OCH3 is 1. The molecule has 0 aliphatic carbocycles. The number of carbonyl (C=O) groups excluding carboxylic acids is 2. The van der Waals surface area contributed by atoms with Crippen LogP contribution >= 0.6 is 34.9 Å². The molecular formula is C26H30N6O5S4. The third-order valence-electron chi connectivity index (χ3n) is 5.64. The van der Waals surface area contributed by atoms with Crippen molar-refractivity contribution in [2.24, 2.45) is 11.5 Å². The van der Waals surface area contributed by atoms with Crippen LogP contribution in [-0.4, -0.2) is 57.0 Å². The van der Waals surface area contributed by atoms with Gasteiger partial charge in [-0.15, -0.1) is 23.1 Å². The van der Waals surface area contributed by atoms with Gasteiger partial charge in [0.2, 0.25) is 15.7 Å². The van der Waals surface area contributed by atoms with Gasteiger partial charge in [0.25, 0.3) is 0 Å². The molecule has 15 heteroatoms. The second-order valence-corrected chi connectivity index (χ2v) is 13.7. The molecule has 8 N–H and O–H groups in total. The number of guanidine groups is 1. The lowest BCUT2D eigenvalue weighted by atomic mass is 9.97. The number of aryl methyl sites for hydroxylation is 1. The first-order chi connectivity index (χ1) is 19.4. The van der Waals surface area contributed by atoms with Crippen LogP contribution < -0.4 is 22.1 Å². The number of thiophene rings is 1. The number of amides is 1. The van der Waals surface area contributed by atoms with Crippen molar-refractivity contribution >= 4 is 79.7 Å². The fraction of sp³-hybridized carbons (Fsp3) is 0.231. The average molecular weight is 635 g/mol. The van der Waals surface area contributed by atoms with Crippen molar-refractivity contribution in [2.75, 3.05) is 35.5 Å². The number of esters is 1. The van der Waals surface area contributed by atoms with Crippen LogP contribution in [0.2, 0.25) is 0 Å². The summed E-state index contributed by atoms with van der Waals surface area (Å²) in [5.41, 5.74) is 13.8. The minimum Gasteiger partial charge on any atom is -0.469 e. The topological polar surface area (TPSA) is 201 Å². The molecule has 0 radical (unpaired) electrons. The number of hydrogen-bond acceptors (Lipinski definition) is 10. The zero-order valence-electron chi connectivity index (χ0n) is 22.5. The number of ether oxygens (including phenoxy) is 1. The Morgan fingerprint density at radius 2 is 1.83 bits per heavy atom. The Bertz CT molecular complexity index is 1600. The van der Waals surface area contributed by atoms with E-state index in [0.717, 1.165) is 11.3 Å². The Kier molecular flexibility index (Phi) is 10.8. The molecule has 1 heterocycles. The van der Waals surface area contributed by atoms with Crippen LogP contribution in [0.4, 0.5) is 11.4 Å². The van der Waals surface area contributed by atoms with Gasteiger partial charge in [0.15, 0.2) is 5.96 Å². The number of nitrogens with two attached hydrogens (primary N) is 2. The first-order valence-corrected chi connectivity index (χ1v) is 16.6. The van der Waals surface area contributed by atoms with Gasteiger partial charge in [-0.3, -0.25) is 20.4 Å². The Balaban J connectivity index is 2.02. The largest absolute Gasteiger partial charge is 0.469 e. The lowest BCUT2D eigenvalue weighted by molar-refractivity contribution is -0.140. The highest BCUT2D eigenvalue weighted by molar-refractivity contribution is 8.01. The lowest BCUT2D eigenvalue weighted by Crippen LogP contribution is -2.21. The zero-order chi connectivity index (χ0) is 30.3. The molecule has 1 aromatic heterocycles. The Morgan fingerprint density at radius 3 is 2.46 bits per heavy atom. The summed E-state index contributed by atoms with van der Waals surface area (Å²) in [6, 6.07) is 11.2. The van der Waals surface area contributed by atoms with Crippen LogP contribution in [0.5, 0.6) is 0 Å². The molecule has 0 saturated heterocycles. The summed E-state index contributed by atoms with van der Waals surface area (Å²) in [5.74, 6) is -0.709. The fourth-order valence-electron chi connectivity index (χ4n) is 3.87. The van der Waals surface area contributed by atoms with Crippen LogP contribution in [0.25, 0.3) is 11.1 Å². The van der Waals surface area contributed by atoms with Gasteiger partial charge < -0.3 is 26.8 Å². The molecule has 3 aromatic rings. The van der Waals surface area contributed by atoms with E-state index in [9.17, 15) is 18.0 Å². The molecule has 41 heavy (non-hydrogen) atoms. The van der Waals surface area contributed by atoms with Gasteiger partial charge >= 0.3 is 5.97 Å². The summed E-state index contributed by atoms with van der Waals surface area (Å²) in [4.78, 5) is 24.7. The molecule has 0 spiro atoms. The molecule has 2 aromatic carbocycles. The Labute approximate surface area is 250 Å². The van der Waals surface area contributed by atoms with E-state index >= 15 is 0 Å². The van der Waals surface area contributed by atoms with Gasteiger partial charge in [-0.25, -0.2) is 8.42 Å². The smallest absolute Gasteiger partial charge is 0.306 e. The van der Waals surface area contributed by atoms with Crippen LogP contribution in [0, 0.1) is 17.7 Å². The van der Waals surface area contributed by atoms with Gasteiger partial charge in [-0.05, 0) is 54.6 Å². The van der Waals surface area contributed by atoms with Crippen molar-refractivity contribution in [3.8, 4) is 11.1 Å². The number of amidine groups is 1. The summed E-state index contributed by atoms with van der Waals surface area (Å²) < 4.78 is 32.5. The van der Waals surface area contributed by atoms with Crippen molar-refractivity contribution < 1.29 is 22.7 Å². The molecule has 0 aliphatic heterocycles. The van der Waals surface area contributed by atoms with Gasteiger partial charge in [-0.2, -0.15) is 11.8 Å². The van der Waals surface area contributed by atoms with E-state index < -0.39 is 9.84 Å². The molecule has 0 atom stereocenters. The molecular weight excluding hydrogens is 605 g/mol. The number of benzene rings is 2. The van der Waals surface area contributed by atoms with E-state index in [4.69, 9.17) is 22.3 Å².